The first kappa shape index (κ1) is 26.1. The molecule has 9 nitrogen and oxygen atoms in total. The van der Waals surface area contributed by atoms with Crippen LogP contribution in [0.25, 0.3) is 11.0 Å². The molecule has 0 radical (unpaired) electrons. The van der Waals surface area contributed by atoms with Crippen LogP contribution in [0.1, 0.15) is 57.0 Å². The number of hydrazone groups is 1. The molecule has 1 aliphatic carbocycles. The zero-order chi connectivity index (χ0) is 27.7. The first-order valence-corrected chi connectivity index (χ1v) is 12.8. The molecule has 4 aromatic rings. The summed E-state index contributed by atoms with van der Waals surface area (Å²) in [6.07, 6.45) is 3.90. The number of methoxy groups -OCH3 is 2. The minimum absolute atomic E-state index is 0.138. The summed E-state index contributed by atoms with van der Waals surface area (Å²) in [5.74, 6) is 1.30. The Labute approximate surface area is 226 Å². The zero-order valence-electron chi connectivity index (χ0n) is 22.7. The largest absolute Gasteiger partial charge is 0.497 e. The Kier molecular flexibility index (Phi) is 7.15. The fourth-order valence-electron chi connectivity index (χ4n) is 4.96. The Hall–Kier alpha value is -4.53. The van der Waals surface area contributed by atoms with Crippen molar-refractivity contribution in [2.75, 3.05) is 19.5 Å². The van der Waals surface area contributed by atoms with Gasteiger partial charge in [0, 0.05) is 34.6 Å². The van der Waals surface area contributed by atoms with Crippen LogP contribution in [0.4, 0.5) is 5.69 Å². The van der Waals surface area contributed by atoms with E-state index >= 15 is 0 Å². The van der Waals surface area contributed by atoms with Gasteiger partial charge in [-0.1, -0.05) is 12.1 Å². The van der Waals surface area contributed by atoms with E-state index in [0.717, 1.165) is 39.6 Å². The topological polar surface area (TPSA) is 115 Å². The van der Waals surface area contributed by atoms with Crippen LogP contribution in [0.2, 0.25) is 0 Å². The number of amides is 2. The van der Waals surface area contributed by atoms with Crippen LogP contribution in [0, 0.1) is 20.8 Å². The highest BCUT2D eigenvalue weighted by atomic mass is 16.5. The molecule has 0 aliphatic heterocycles. The van der Waals surface area contributed by atoms with Crippen molar-refractivity contribution in [1.29, 1.82) is 0 Å². The fraction of sp³-hybridized carbons (Fsp3) is 0.300. The number of nitrogens with zero attached hydrogens (tertiary/aromatic N) is 1. The lowest BCUT2D eigenvalue weighted by Gasteiger charge is -2.13. The molecule has 9 heteroatoms. The van der Waals surface area contributed by atoms with Crippen LogP contribution >= 0.6 is 0 Å². The van der Waals surface area contributed by atoms with Gasteiger partial charge in [0.25, 0.3) is 5.91 Å². The molecule has 0 atom stereocenters. The number of furan rings is 2. The molecule has 39 heavy (non-hydrogen) atoms. The number of hydrogen-bond acceptors (Lipinski definition) is 7. The number of ether oxygens (including phenoxy) is 2. The quantitative estimate of drug-likeness (QED) is 0.300. The summed E-state index contributed by atoms with van der Waals surface area (Å²) in [6.45, 7) is 5.86. The molecule has 2 amide bonds. The van der Waals surface area contributed by atoms with E-state index in [1.165, 1.54) is 7.11 Å². The molecule has 0 saturated heterocycles. The first-order chi connectivity index (χ1) is 18.8. The summed E-state index contributed by atoms with van der Waals surface area (Å²) in [6, 6.07) is 9.16. The zero-order valence-corrected chi connectivity index (χ0v) is 22.7. The Morgan fingerprint density at radius 3 is 2.62 bits per heavy atom. The van der Waals surface area contributed by atoms with Crippen molar-refractivity contribution in [2.24, 2.45) is 5.10 Å². The summed E-state index contributed by atoms with van der Waals surface area (Å²) >= 11 is 0. The number of rotatable bonds is 7. The molecule has 202 valence electrons. The van der Waals surface area contributed by atoms with Crippen LogP contribution in [-0.2, 0) is 17.6 Å². The van der Waals surface area contributed by atoms with Gasteiger partial charge in [0.1, 0.15) is 22.8 Å². The highest BCUT2D eigenvalue weighted by Gasteiger charge is 2.28. The normalized spacial score (nSPS) is 13.8. The smallest absolute Gasteiger partial charge is 0.291 e. The minimum Gasteiger partial charge on any atom is -0.497 e. The lowest BCUT2D eigenvalue weighted by atomic mass is 9.93. The molecule has 2 heterocycles. The van der Waals surface area contributed by atoms with E-state index in [2.05, 4.69) is 15.8 Å². The summed E-state index contributed by atoms with van der Waals surface area (Å²) in [7, 11) is 3.08. The maximum atomic E-state index is 13.2. The van der Waals surface area contributed by atoms with E-state index in [4.69, 9.17) is 18.3 Å². The van der Waals surface area contributed by atoms with Gasteiger partial charge in [-0.3, -0.25) is 9.59 Å². The molecular formula is C30H31N3O6. The molecule has 5 rings (SSSR count). The highest BCUT2D eigenvalue weighted by Crippen LogP contribution is 2.33. The lowest BCUT2D eigenvalue weighted by Crippen LogP contribution is -2.23. The molecule has 2 N–H and O–H groups in total. The predicted molar refractivity (Wildman–Crippen MR) is 148 cm³/mol. The lowest BCUT2D eigenvalue weighted by molar-refractivity contribution is -0.120. The second kappa shape index (κ2) is 10.7. The van der Waals surface area contributed by atoms with E-state index in [1.54, 1.807) is 31.6 Å². The van der Waals surface area contributed by atoms with Crippen molar-refractivity contribution in [2.45, 2.75) is 46.5 Å². The van der Waals surface area contributed by atoms with Crippen LogP contribution < -0.4 is 20.2 Å². The Morgan fingerprint density at radius 2 is 1.85 bits per heavy atom. The Bertz CT molecular complexity index is 1610. The molecule has 2 aromatic heterocycles. The van der Waals surface area contributed by atoms with Crippen LogP contribution in [0.3, 0.4) is 0 Å². The van der Waals surface area contributed by atoms with Gasteiger partial charge in [-0.05, 0) is 56.9 Å². The number of anilines is 1. The molecule has 0 fully saturated rings. The number of nitrogens with one attached hydrogen (secondary N) is 2. The van der Waals surface area contributed by atoms with E-state index in [-0.39, 0.29) is 18.1 Å². The van der Waals surface area contributed by atoms with E-state index < -0.39 is 5.91 Å². The third kappa shape index (κ3) is 4.99. The minimum atomic E-state index is -0.408. The third-order valence-corrected chi connectivity index (χ3v) is 7.20. The molecule has 0 spiro atoms. The molecule has 0 bridgehead atoms. The maximum Gasteiger partial charge on any atom is 0.291 e. The monoisotopic (exact) mass is 529 g/mol. The number of fused-ring (bicyclic) bond motifs is 2. The standard InChI is InChI=1S/C30H31N3O6/c1-16-9-11-21-19(15-38-28(21)17(16)2)13-26(34)33-32-22-7-6-8-25-27(22)18(3)29(39-25)30(35)31-23-14-20(36-4)10-12-24(23)37-5/h9-12,14-15H,6-8,13H2,1-5H3,(H,31,35)(H,33,34)/b32-22+. The van der Waals surface area contributed by atoms with Crippen LogP contribution in [0.15, 0.2) is 50.5 Å². The summed E-state index contributed by atoms with van der Waals surface area (Å²) in [4.78, 5) is 26.0. The Balaban J connectivity index is 1.34. The number of aryl methyl sites for hydroxylation is 3. The molecule has 0 saturated carbocycles. The van der Waals surface area contributed by atoms with Gasteiger partial charge in [-0.15, -0.1) is 0 Å². The summed E-state index contributed by atoms with van der Waals surface area (Å²) in [5.41, 5.74) is 9.09. The second-order valence-electron chi connectivity index (χ2n) is 9.64. The summed E-state index contributed by atoms with van der Waals surface area (Å²) < 4.78 is 22.4. The van der Waals surface area contributed by atoms with Crippen molar-refractivity contribution >= 4 is 34.2 Å². The highest BCUT2D eigenvalue weighted by molar-refractivity contribution is 6.09. The van der Waals surface area contributed by atoms with Gasteiger partial charge in [0.05, 0.1) is 38.3 Å². The van der Waals surface area contributed by atoms with Crippen LogP contribution in [-0.4, -0.2) is 31.7 Å². The predicted octanol–water partition coefficient (Wildman–Crippen LogP) is 5.62. The number of hydrogen-bond donors (Lipinski definition) is 2. The molecule has 0 unspecified atom stereocenters. The summed E-state index contributed by atoms with van der Waals surface area (Å²) in [5, 5.41) is 8.23. The van der Waals surface area contributed by atoms with Gasteiger partial charge in [-0.2, -0.15) is 5.10 Å². The first-order valence-electron chi connectivity index (χ1n) is 12.8. The van der Waals surface area contributed by atoms with Gasteiger partial charge >= 0.3 is 0 Å². The average molecular weight is 530 g/mol. The van der Waals surface area contributed by atoms with Crippen molar-refractivity contribution in [3.05, 3.63) is 75.9 Å². The van der Waals surface area contributed by atoms with Crippen LogP contribution in [0.5, 0.6) is 11.5 Å². The number of benzene rings is 2. The second-order valence-corrected chi connectivity index (χ2v) is 9.64. The fourth-order valence-corrected chi connectivity index (χ4v) is 4.96. The molecular weight excluding hydrogens is 498 g/mol. The number of carbonyl (C=O) groups excluding carboxylic acids is 2. The van der Waals surface area contributed by atoms with Gasteiger partial charge in [0.2, 0.25) is 5.91 Å². The van der Waals surface area contributed by atoms with Gasteiger partial charge < -0.3 is 23.6 Å². The Morgan fingerprint density at radius 1 is 1.03 bits per heavy atom. The molecule has 2 aromatic carbocycles. The average Bonchev–Trinajstić information content (AvgIpc) is 3.50. The SMILES string of the molecule is COc1ccc(OC)c(NC(=O)c2oc3c(c2C)/C(=N/NC(=O)Cc2coc4c(C)c(C)ccc24)CCC3)c1. The van der Waals surface area contributed by atoms with Gasteiger partial charge in [0.15, 0.2) is 5.76 Å². The maximum absolute atomic E-state index is 13.2. The van der Waals surface area contributed by atoms with E-state index in [0.29, 0.717) is 47.1 Å². The van der Waals surface area contributed by atoms with Crippen molar-refractivity contribution < 1.29 is 27.9 Å². The van der Waals surface area contributed by atoms with E-state index in [1.807, 2.05) is 32.9 Å². The van der Waals surface area contributed by atoms with E-state index in [9.17, 15) is 9.59 Å². The number of carbonyl (C=O) groups is 2. The van der Waals surface area contributed by atoms with Crippen molar-refractivity contribution in [3.63, 3.8) is 0 Å². The third-order valence-electron chi connectivity index (χ3n) is 7.20. The van der Waals surface area contributed by atoms with Crippen molar-refractivity contribution in [3.8, 4) is 11.5 Å². The van der Waals surface area contributed by atoms with Gasteiger partial charge in [-0.25, -0.2) is 5.43 Å². The van der Waals surface area contributed by atoms with Crippen molar-refractivity contribution in [1.82, 2.24) is 5.43 Å². The molecule has 1 aliphatic rings.